The summed E-state index contributed by atoms with van der Waals surface area (Å²) in [5.74, 6) is 1.57. The highest BCUT2D eigenvalue weighted by Gasteiger charge is 2.39. The molecule has 0 unspecified atom stereocenters. The summed E-state index contributed by atoms with van der Waals surface area (Å²) in [6.45, 7) is 2.61. The van der Waals surface area contributed by atoms with Gasteiger partial charge in [-0.2, -0.15) is 0 Å². The van der Waals surface area contributed by atoms with Crippen molar-refractivity contribution in [3.8, 4) is 0 Å². The number of rotatable bonds is 2. The summed E-state index contributed by atoms with van der Waals surface area (Å²) < 4.78 is 1.68. The maximum Gasteiger partial charge on any atom is 0.147 e. The third-order valence-corrected chi connectivity index (χ3v) is 4.45. The van der Waals surface area contributed by atoms with Crippen LogP contribution in [-0.4, -0.2) is 40.1 Å². The topological polar surface area (TPSA) is 54.7 Å². The lowest BCUT2D eigenvalue weighted by Crippen LogP contribution is -2.57. The summed E-state index contributed by atoms with van der Waals surface area (Å²) in [6.07, 6.45) is 7.66. The highest BCUT2D eigenvalue weighted by molar-refractivity contribution is 6.15. The Morgan fingerprint density at radius 2 is 2.21 bits per heavy atom. The van der Waals surface area contributed by atoms with Crippen LogP contribution < -0.4 is 5.32 Å². The van der Waals surface area contributed by atoms with Crippen LogP contribution in [0.25, 0.3) is 0 Å². The standard InChI is InChI=1S/C13H20ClN5/c1-2-11-12(15)17-10-7-16-8-18(14)13(10)19(11)9-5-3-4-6-9/h7,9,11H,2-6,8H2,1H3,(H2,15,17)/t11-/m1/s1. The highest BCUT2D eigenvalue weighted by atomic mass is 35.5. The quantitative estimate of drug-likeness (QED) is 0.764. The molecule has 2 N–H and O–H groups in total. The van der Waals surface area contributed by atoms with Crippen molar-refractivity contribution in [3.63, 3.8) is 0 Å². The van der Waals surface area contributed by atoms with Gasteiger partial charge in [-0.3, -0.25) is 10.4 Å². The second kappa shape index (κ2) is 5.04. The third kappa shape index (κ3) is 2.10. The van der Waals surface area contributed by atoms with Crippen molar-refractivity contribution >= 4 is 23.8 Å². The van der Waals surface area contributed by atoms with E-state index in [0.717, 1.165) is 17.9 Å². The normalized spacial score (nSPS) is 27.9. The predicted octanol–water partition coefficient (Wildman–Crippen LogP) is 2.26. The molecule has 1 atom stereocenters. The summed E-state index contributed by atoms with van der Waals surface area (Å²) in [7, 11) is 0. The number of nitrogens with zero attached hydrogens (tertiary/aromatic N) is 3. The number of aliphatic imine (C=N–C) groups is 1. The van der Waals surface area contributed by atoms with Gasteiger partial charge in [-0.25, -0.2) is 4.42 Å². The number of halogens is 1. The highest BCUT2D eigenvalue weighted by Crippen LogP contribution is 2.34. The van der Waals surface area contributed by atoms with Gasteiger partial charge in [-0.05, 0) is 19.3 Å². The van der Waals surface area contributed by atoms with Crippen molar-refractivity contribution in [2.45, 2.75) is 51.1 Å². The monoisotopic (exact) mass is 281 g/mol. The van der Waals surface area contributed by atoms with Gasteiger partial charge in [0.15, 0.2) is 0 Å². The maximum atomic E-state index is 8.22. The molecule has 0 radical (unpaired) electrons. The van der Waals surface area contributed by atoms with E-state index < -0.39 is 0 Å². The Morgan fingerprint density at radius 3 is 2.89 bits per heavy atom. The van der Waals surface area contributed by atoms with Crippen LogP contribution in [-0.2, 0) is 0 Å². The minimum atomic E-state index is 0.106. The largest absolute Gasteiger partial charge is 0.342 e. The molecular weight excluding hydrogens is 262 g/mol. The molecule has 1 fully saturated rings. The van der Waals surface area contributed by atoms with Crippen LogP contribution in [0.15, 0.2) is 16.5 Å². The zero-order valence-electron chi connectivity index (χ0n) is 11.2. The lowest BCUT2D eigenvalue weighted by atomic mass is 10.0. The lowest BCUT2D eigenvalue weighted by Gasteiger charge is -2.46. The molecule has 0 aromatic heterocycles. The molecule has 0 spiro atoms. The molecule has 1 saturated carbocycles. The zero-order valence-corrected chi connectivity index (χ0v) is 12.0. The first kappa shape index (κ1) is 12.8. The van der Waals surface area contributed by atoms with E-state index in [1.54, 1.807) is 10.6 Å². The summed E-state index contributed by atoms with van der Waals surface area (Å²) in [5.41, 5.74) is 0.864. The van der Waals surface area contributed by atoms with Crippen molar-refractivity contribution in [2.75, 3.05) is 6.67 Å². The Hall–Kier alpha value is -1.23. The molecule has 6 heteroatoms. The van der Waals surface area contributed by atoms with Crippen molar-refractivity contribution in [1.29, 1.82) is 5.41 Å². The van der Waals surface area contributed by atoms with Crippen LogP contribution in [0, 0.1) is 5.41 Å². The second-order valence-electron chi connectivity index (χ2n) is 5.36. The van der Waals surface area contributed by atoms with Crippen molar-refractivity contribution < 1.29 is 0 Å². The average Bonchev–Trinajstić information content (AvgIpc) is 2.91. The minimum Gasteiger partial charge on any atom is -0.342 e. The van der Waals surface area contributed by atoms with Crippen LogP contribution >= 0.6 is 11.8 Å². The van der Waals surface area contributed by atoms with Gasteiger partial charge in [0.05, 0.1) is 12.3 Å². The van der Waals surface area contributed by atoms with E-state index in [-0.39, 0.29) is 6.04 Å². The third-order valence-electron chi connectivity index (χ3n) is 4.18. The van der Waals surface area contributed by atoms with Gasteiger partial charge in [0.2, 0.25) is 0 Å². The van der Waals surface area contributed by atoms with E-state index in [1.807, 2.05) is 0 Å². The number of hydrogen-bond donors (Lipinski definition) is 2. The van der Waals surface area contributed by atoms with Crippen LogP contribution in [0.5, 0.6) is 0 Å². The molecule has 3 rings (SSSR count). The van der Waals surface area contributed by atoms with Crippen molar-refractivity contribution in [1.82, 2.24) is 14.6 Å². The molecular formula is C13H20ClN5. The lowest BCUT2D eigenvalue weighted by molar-refractivity contribution is 0.167. The zero-order chi connectivity index (χ0) is 13.4. The molecule has 2 aliphatic heterocycles. The van der Waals surface area contributed by atoms with E-state index >= 15 is 0 Å². The Balaban J connectivity index is 2.01. The SMILES string of the molecule is CC[C@@H]1C(=N)NC2=C(N(Cl)CN=C2)N1C1CCCC1. The fourth-order valence-electron chi connectivity index (χ4n) is 3.34. The Labute approximate surface area is 118 Å². The molecule has 19 heavy (non-hydrogen) atoms. The first-order valence-corrected chi connectivity index (χ1v) is 7.37. The average molecular weight is 282 g/mol. The number of hydrogen-bond acceptors (Lipinski definition) is 4. The van der Waals surface area contributed by atoms with Crippen LogP contribution in [0.4, 0.5) is 0 Å². The van der Waals surface area contributed by atoms with Gasteiger partial charge >= 0.3 is 0 Å². The molecule has 2 heterocycles. The summed E-state index contributed by atoms with van der Waals surface area (Å²) in [6, 6.07) is 0.611. The van der Waals surface area contributed by atoms with Crippen molar-refractivity contribution in [2.24, 2.45) is 4.99 Å². The Morgan fingerprint density at radius 1 is 1.47 bits per heavy atom. The van der Waals surface area contributed by atoms with Gasteiger partial charge < -0.3 is 10.2 Å². The number of nitrogens with one attached hydrogen (secondary N) is 2. The van der Waals surface area contributed by atoms with Crippen LogP contribution in [0.3, 0.4) is 0 Å². The fraction of sp³-hybridized carbons (Fsp3) is 0.692. The molecule has 3 aliphatic rings. The van der Waals surface area contributed by atoms with Gasteiger partial charge in [0.25, 0.3) is 0 Å². The van der Waals surface area contributed by atoms with E-state index in [9.17, 15) is 0 Å². The molecule has 104 valence electrons. The van der Waals surface area contributed by atoms with E-state index in [0.29, 0.717) is 18.5 Å². The molecule has 1 aliphatic carbocycles. The Bertz CT molecular complexity index is 438. The smallest absolute Gasteiger partial charge is 0.147 e. The minimum absolute atomic E-state index is 0.106. The molecule has 5 nitrogen and oxygen atoms in total. The number of amidine groups is 1. The maximum absolute atomic E-state index is 8.22. The molecule has 0 aromatic carbocycles. The Kier molecular flexibility index (Phi) is 3.39. The van der Waals surface area contributed by atoms with E-state index in [4.69, 9.17) is 17.2 Å². The first-order chi connectivity index (χ1) is 9.22. The van der Waals surface area contributed by atoms with Gasteiger partial charge in [0.1, 0.15) is 24.0 Å². The van der Waals surface area contributed by atoms with E-state index in [2.05, 4.69) is 22.1 Å². The van der Waals surface area contributed by atoms with Crippen LogP contribution in [0.2, 0.25) is 0 Å². The summed E-state index contributed by atoms with van der Waals surface area (Å²) in [5, 5.41) is 11.4. The molecule has 0 aromatic rings. The summed E-state index contributed by atoms with van der Waals surface area (Å²) in [4.78, 5) is 6.57. The molecule has 0 amide bonds. The van der Waals surface area contributed by atoms with Gasteiger partial charge in [0, 0.05) is 17.8 Å². The van der Waals surface area contributed by atoms with Gasteiger partial charge in [-0.15, -0.1) is 0 Å². The fourth-order valence-corrected chi connectivity index (χ4v) is 3.58. The molecule has 0 bridgehead atoms. The van der Waals surface area contributed by atoms with E-state index in [1.165, 1.54) is 25.7 Å². The number of allylic oxidation sites excluding steroid dienone is 1. The van der Waals surface area contributed by atoms with Crippen LogP contribution in [0.1, 0.15) is 39.0 Å². The molecule has 0 saturated heterocycles. The second-order valence-corrected chi connectivity index (χ2v) is 5.77. The summed E-state index contributed by atoms with van der Waals surface area (Å²) >= 11 is 6.34. The van der Waals surface area contributed by atoms with Crippen molar-refractivity contribution in [3.05, 3.63) is 11.5 Å². The van der Waals surface area contributed by atoms with Gasteiger partial charge in [-0.1, -0.05) is 19.8 Å². The first-order valence-electron chi connectivity index (χ1n) is 7.03. The predicted molar refractivity (Wildman–Crippen MR) is 77.1 cm³/mol.